The fourth-order valence-corrected chi connectivity index (χ4v) is 2.92. The molecule has 0 bridgehead atoms. The average molecular weight is 413 g/mol. The van der Waals surface area contributed by atoms with Crippen molar-refractivity contribution in [3.05, 3.63) is 35.4 Å². The molecule has 0 radical (unpaired) electrons. The minimum atomic E-state index is -0.584. The lowest BCUT2D eigenvalue weighted by Crippen LogP contribution is -2.06. The maximum atomic E-state index is 13.4. The third kappa shape index (κ3) is 13.0. The fraction of sp³-hybridized carbons (Fsp3) is 0.652. The van der Waals surface area contributed by atoms with E-state index in [0.717, 1.165) is 63.1 Å². The Morgan fingerprint density at radius 3 is 2.03 bits per heavy atom. The highest BCUT2D eigenvalue weighted by Gasteiger charge is 2.08. The van der Waals surface area contributed by atoms with Gasteiger partial charge in [0.2, 0.25) is 0 Å². The third-order valence-electron chi connectivity index (χ3n) is 4.67. The molecular weight excluding hydrogens is 378 g/mol. The summed E-state index contributed by atoms with van der Waals surface area (Å²) in [5.74, 6) is -1.66. The van der Waals surface area contributed by atoms with Crippen LogP contribution in [0.5, 0.6) is 0 Å². The van der Waals surface area contributed by atoms with Crippen molar-refractivity contribution in [1.29, 1.82) is 0 Å². The molecule has 29 heavy (non-hydrogen) atoms. The van der Waals surface area contributed by atoms with Crippen LogP contribution in [0.4, 0.5) is 8.78 Å². The van der Waals surface area contributed by atoms with Gasteiger partial charge in [-0.2, -0.15) is 0 Å². The lowest BCUT2D eigenvalue weighted by Gasteiger charge is -2.06. The highest BCUT2D eigenvalue weighted by atomic mass is 19.1. The van der Waals surface area contributed by atoms with Crippen LogP contribution in [0.1, 0.15) is 89.5 Å². The van der Waals surface area contributed by atoms with E-state index in [1.165, 1.54) is 12.8 Å². The average Bonchev–Trinajstić information content (AvgIpc) is 2.70. The Labute approximate surface area is 173 Å². The van der Waals surface area contributed by atoms with E-state index in [-0.39, 0.29) is 24.6 Å². The zero-order valence-electron chi connectivity index (χ0n) is 17.5. The Morgan fingerprint density at radius 2 is 1.38 bits per heavy atom. The lowest BCUT2D eigenvalue weighted by molar-refractivity contribution is -0.145. The van der Waals surface area contributed by atoms with Crippen LogP contribution in [0.25, 0.3) is 0 Å². The summed E-state index contributed by atoms with van der Waals surface area (Å²) in [6.07, 6.45) is 10.5. The highest BCUT2D eigenvalue weighted by Crippen LogP contribution is 2.13. The smallest absolute Gasteiger partial charge is 0.306 e. The summed E-state index contributed by atoms with van der Waals surface area (Å²) < 4.78 is 36.7. The van der Waals surface area contributed by atoms with Crippen molar-refractivity contribution in [2.24, 2.45) is 0 Å². The van der Waals surface area contributed by atoms with Gasteiger partial charge in [-0.05, 0) is 37.5 Å². The molecule has 0 saturated heterocycles. The van der Waals surface area contributed by atoms with E-state index in [1.807, 2.05) is 0 Å². The van der Waals surface area contributed by atoms with E-state index in [4.69, 9.17) is 9.47 Å². The van der Waals surface area contributed by atoms with Crippen LogP contribution >= 0.6 is 0 Å². The van der Waals surface area contributed by atoms with Crippen LogP contribution in [0, 0.1) is 11.6 Å². The number of carbonyl (C=O) groups excluding carboxylic acids is 2. The van der Waals surface area contributed by atoms with Crippen LogP contribution in [0.2, 0.25) is 0 Å². The SMILES string of the molecule is CCCCCCOC(=O)CCCCCCCCC(=O)OCc1cc(F)ccc1F. The fourth-order valence-electron chi connectivity index (χ4n) is 2.92. The second-order valence-electron chi connectivity index (χ2n) is 7.30. The first-order valence-electron chi connectivity index (χ1n) is 10.8. The minimum Gasteiger partial charge on any atom is -0.466 e. The Morgan fingerprint density at radius 1 is 0.793 bits per heavy atom. The van der Waals surface area contributed by atoms with E-state index < -0.39 is 17.6 Å². The molecule has 164 valence electrons. The van der Waals surface area contributed by atoms with Gasteiger partial charge in [0, 0.05) is 18.4 Å². The van der Waals surface area contributed by atoms with Crippen molar-refractivity contribution in [3.8, 4) is 0 Å². The van der Waals surface area contributed by atoms with Crippen molar-refractivity contribution in [3.63, 3.8) is 0 Å². The molecule has 0 aliphatic heterocycles. The van der Waals surface area contributed by atoms with Crippen LogP contribution in [0.15, 0.2) is 18.2 Å². The van der Waals surface area contributed by atoms with Crippen molar-refractivity contribution >= 4 is 11.9 Å². The standard InChI is InChI=1S/C23H34F2O4/c1-2-3-4-11-16-28-22(26)12-9-7-5-6-8-10-13-23(27)29-18-19-17-20(24)14-15-21(19)25/h14-15,17H,2-13,16,18H2,1H3. The summed E-state index contributed by atoms with van der Waals surface area (Å²) in [7, 11) is 0. The van der Waals surface area contributed by atoms with E-state index in [0.29, 0.717) is 19.4 Å². The summed E-state index contributed by atoms with van der Waals surface area (Å²) in [5, 5.41) is 0. The Hall–Kier alpha value is -1.98. The van der Waals surface area contributed by atoms with Gasteiger partial charge in [-0.15, -0.1) is 0 Å². The quantitative estimate of drug-likeness (QED) is 0.238. The van der Waals surface area contributed by atoms with E-state index in [2.05, 4.69) is 6.92 Å². The van der Waals surface area contributed by atoms with E-state index in [9.17, 15) is 18.4 Å². The van der Waals surface area contributed by atoms with Gasteiger partial charge in [-0.1, -0.05) is 51.9 Å². The van der Waals surface area contributed by atoms with Crippen LogP contribution < -0.4 is 0 Å². The number of hydrogen-bond donors (Lipinski definition) is 0. The Balaban J connectivity index is 1.94. The molecule has 0 heterocycles. The summed E-state index contributed by atoms with van der Waals surface area (Å²) in [6.45, 7) is 2.42. The van der Waals surface area contributed by atoms with E-state index >= 15 is 0 Å². The molecule has 0 amide bonds. The molecule has 0 unspecified atom stereocenters. The number of benzene rings is 1. The Kier molecular flexibility index (Phi) is 13.7. The number of rotatable bonds is 16. The largest absolute Gasteiger partial charge is 0.466 e. The molecule has 0 atom stereocenters. The van der Waals surface area contributed by atoms with Crippen molar-refractivity contribution in [2.75, 3.05) is 6.61 Å². The predicted molar refractivity (Wildman–Crippen MR) is 108 cm³/mol. The molecule has 0 saturated carbocycles. The number of ether oxygens (including phenoxy) is 2. The zero-order valence-corrected chi connectivity index (χ0v) is 17.5. The number of hydrogen-bond acceptors (Lipinski definition) is 4. The first kappa shape index (κ1) is 25.1. The van der Waals surface area contributed by atoms with Gasteiger partial charge >= 0.3 is 11.9 Å². The maximum Gasteiger partial charge on any atom is 0.306 e. The first-order valence-corrected chi connectivity index (χ1v) is 10.8. The molecule has 1 aromatic rings. The number of carbonyl (C=O) groups is 2. The van der Waals surface area contributed by atoms with Crippen LogP contribution in [-0.4, -0.2) is 18.5 Å². The molecule has 6 heteroatoms. The molecule has 4 nitrogen and oxygen atoms in total. The van der Waals surface area contributed by atoms with Gasteiger partial charge in [0.1, 0.15) is 18.2 Å². The molecule has 0 aliphatic rings. The number of halogens is 2. The summed E-state index contributed by atoms with van der Waals surface area (Å²) in [4.78, 5) is 23.2. The van der Waals surface area contributed by atoms with Gasteiger partial charge in [-0.25, -0.2) is 8.78 Å². The first-order chi connectivity index (χ1) is 14.0. The molecule has 1 rings (SSSR count). The summed E-state index contributed by atoms with van der Waals surface area (Å²) >= 11 is 0. The second-order valence-corrected chi connectivity index (χ2v) is 7.30. The van der Waals surface area contributed by atoms with Gasteiger partial charge < -0.3 is 9.47 Å². The van der Waals surface area contributed by atoms with Crippen molar-refractivity contribution in [1.82, 2.24) is 0 Å². The maximum absolute atomic E-state index is 13.4. The van der Waals surface area contributed by atoms with Crippen molar-refractivity contribution in [2.45, 2.75) is 90.6 Å². The summed E-state index contributed by atoms with van der Waals surface area (Å²) in [5.41, 5.74) is 0.0397. The molecule has 1 aromatic carbocycles. The molecular formula is C23H34F2O4. The summed E-state index contributed by atoms with van der Waals surface area (Å²) in [6, 6.07) is 3.08. The molecule has 0 aromatic heterocycles. The predicted octanol–water partition coefficient (Wildman–Crippen LogP) is 6.25. The molecule has 0 spiro atoms. The van der Waals surface area contributed by atoms with Gasteiger partial charge in [0.15, 0.2) is 0 Å². The second kappa shape index (κ2) is 15.9. The lowest BCUT2D eigenvalue weighted by atomic mass is 10.1. The Bertz CT molecular complexity index is 605. The minimum absolute atomic E-state index is 0.0397. The van der Waals surface area contributed by atoms with Crippen molar-refractivity contribution < 1.29 is 27.8 Å². The van der Waals surface area contributed by atoms with Gasteiger partial charge in [0.05, 0.1) is 6.61 Å². The molecule has 0 N–H and O–H groups in total. The number of unbranched alkanes of at least 4 members (excludes halogenated alkanes) is 8. The van der Waals surface area contributed by atoms with Crippen LogP contribution in [-0.2, 0) is 25.7 Å². The highest BCUT2D eigenvalue weighted by molar-refractivity contribution is 5.69. The topological polar surface area (TPSA) is 52.6 Å². The van der Waals surface area contributed by atoms with Gasteiger partial charge in [0.25, 0.3) is 0 Å². The normalized spacial score (nSPS) is 10.7. The van der Waals surface area contributed by atoms with Gasteiger partial charge in [-0.3, -0.25) is 9.59 Å². The zero-order chi connectivity index (χ0) is 21.3. The number of esters is 2. The molecule has 0 fully saturated rings. The third-order valence-corrected chi connectivity index (χ3v) is 4.67. The van der Waals surface area contributed by atoms with E-state index in [1.54, 1.807) is 0 Å². The van der Waals surface area contributed by atoms with Crippen LogP contribution in [0.3, 0.4) is 0 Å². The monoisotopic (exact) mass is 412 g/mol. The molecule has 0 aliphatic carbocycles.